The molecule has 76 valence electrons. The van der Waals surface area contributed by atoms with Crippen molar-refractivity contribution in [3.05, 3.63) is 22.1 Å². The maximum absolute atomic E-state index is 11.1. The topological polar surface area (TPSA) is 95.1 Å². The van der Waals surface area contributed by atoms with Gasteiger partial charge in [0.15, 0.2) is 0 Å². The highest BCUT2D eigenvalue weighted by Gasteiger charge is 2.09. The van der Waals surface area contributed by atoms with Crippen LogP contribution in [-0.2, 0) is 0 Å². The Labute approximate surface area is 80.0 Å². The molecule has 0 aliphatic rings. The van der Waals surface area contributed by atoms with E-state index in [1.807, 2.05) is 13.8 Å². The van der Waals surface area contributed by atoms with Gasteiger partial charge in [-0.1, -0.05) is 0 Å². The molecule has 14 heavy (non-hydrogen) atoms. The summed E-state index contributed by atoms with van der Waals surface area (Å²) in [7, 11) is 0. The second kappa shape index (κ2) is 3.91. The van der Waals surface area contributed by atoms with E-state index < -0.39 is 11.5 Å². The molecule has 0 unspecified atom stereocenters. The number of nitrogens with one attached hydrogen (secondary N) is 2. The number of H-pyrrole nitrogens is 1. The molecule has 0 spiro atoms. The van der Waals surface area contributed by atoms with E-state index >= 15 is 0 Å². The van der Waals surface area contributed by atoms with Crippen LogP contribution in [0, 0.1) is 0 Å². The first-order chi connectivity index (χ1) is 6.50. The van der Waals surface area contributed by atoms with Gasteiger partial charge in [-0.05, 0) is 13.8 Å². The fourth-order valence-electron chi connectivity index (χ4n) is 0.894. The standard InChI is InChI=1S/C8H11N3O3/c1-4(2)10-8-9-3-5(7(13)14)6(12)11-8/h3-4H,1-2H3,(H,13,14)(H2,9,10,11,12). The van der Waals surface area contributed by atoms with E-state index in [-0.39, 0.29) is 17.6 Å². The number of rotatable bonds is 3. The molecular weight excluding hydrogens is 186 g/mol. The molecule has 1 rings (SSSR count). The maximum Gasteiger partial charge on any atom is 0.342 e. The zero-order chi connectivity index (χ0) is 10.7. The van der Waals surface area contributed by atoms with Gasteiger partial charge in [0.2, 0.25) is 5.95 Å². The van der Waals surface area contributed by atoms with Crippen LogP contribution in [0.2, 0.25) is 0 Å². The molecule has 0 aromatic carbocycles. The number of aromatic carboxylic acids is 1. The van der Waals surface area contributed by atoms with Gasteiger partial charge < -0.3 is 10.4 Å². The Morgan fingerprint density at radius 2 is 2.29 bits per heavy atom. The molecule has 0 amide bonds. The van der Waals surface area contributed by atoms with Crippen molar-refractivity contribution in [1.82, 2.24) is 9.97 Å². The first-order valence-corrected chi connectivity index (χ1v) is 4.10. The van der Waals surface area contributed by atoms with Gasteiger partial charge in [-0.3, -0.25) is 9.78 Å². The average Bonchev–Trinajstić information content (AvgIpc) is 2.01. The number of carboxylic acid groups (broad SMARTS) is 1. The Morgan fingerprint density at radius 1 is 1.64 bits per heavy atom. The minimum absolute atomic E-state index is 0.119. The summed E-state index contributed by atoms with van der Waals surface area (Å²) in [5.41, 5.74) is -1.02. The third-order valence-electron chi connectivity index (χ3n) is 1.46. The van der Waals surface area contributed by atoms with E-state index in [2.05, 4.69) is 15.3 Å². The van der Waals surface area contributed by atoms with Crippen LogP contribution >= 0.6 is 0 Å². The maximum atomic E-state index is 11.1. The lowest BCUT2D eigenvalue weighted by Crippen LogP contribution is -2.22. The van der Waals surface area contributed by atoms with Crippen LogP contribution in [0.5, 0.6) is 0 Å². The Kier molecular flexibility index (Phi) is 2.85. The van der Waals surface area contributed by atoms with Gasteiger partial charge in [-0.2, -0.15) is 0 Å². The Hall–Kier alpha value is -1.85. The molecule has 0 atom stereocenters. The highest BCUT2D eigenvalue weighted by molar-refractivity contribution is 5.86. The molecule has 6 nitrogen and oxygen atoms in total. The van der Waals surface area contributed by atoms with Gasteiger partial charge in [0.05, 0.1) is 6.20 Å². The minimum atomic E-state index is -1.28. The van der Waals surface area contributed by atoms with Gasteiger partial charge in [0.1, 0.15) is 5.56 Å². The van der Waals surface area contributed by atoms with Gasteiger partial charge in [-0.25, -0.2) is 9.78 Å². The van der Waals surface area contributed by atoms with E-state index in [9.17, 15) is 9.59 Å². The summed E-state index contributed by atoms with van der Waals surface area (Å²) in [6.45, 7) is 3.76. The van der Waals surface area contributed by atoms with Crippen molar-refractivity contribution < 1.29 is 9.90 Å². The molecule has 0 aliphatic heterocycles. The van der Waals surface area contributed by atoms with Crippen LogP contribution in [0.3, 0.4) is 0 Å². The van der Waals surface area contributed by atoms with Crippen molar-refractivity contribution in [3.63, 3.8) is 0 Å². The second-order valence-electron chi connectivity index (χ2n) is 3.08. The summed E-state index contributed by atoms with van der Waals surface area (Å²) in [6, 6.07) is 0.119. The predicted molar refractivity (Wildman–Crippen MR) is 50.6 cm³/mol. The predicted octanol–water partition coefficient (Wildman–Crippen LogP) is 0.288. The summed E-state index contributed by atoms with van der Waals surface area (Å²) in [5.74, 6) is -1.01. The monoisotopic (exact) mass is 197 g/mol. The molecule has 0 fully saturated rings. The number of hydrogen-bond acceptors (Lipinski definition) is 4. The van der Waals surface area contributed by atoms with E-state index in [1.54, 1.807) is 0 Å². The largest absolute Gasteiger partial charge is 0.477 e. The number of aromatic amines is 1. The van der Waals surface area contributed by atoms with Gasteiger partial charge in [0.25, 0.3) is 5.56 Å². The van der Waals surface area contributed by atoms with Crippen LogP contribution in [0.15, 0.2) is 11.0 Å². The minimum Gasteiger partial charge on any atom is -0.477 e. The summed E-state index contributed by atoms with van der Waals surface area (Å²) in [4.78, 5) is 27.7. The van der Waals surface area contributed by atoms with E-state index in [4.69, 9.17) is 5.11 Å². The zero-order valence-electron chi connectivity index (χ0n) is 7.87. The van der Waals surface area contributed by atoms with Crippen molar-refractivity contribution in [2.24, 2.45) is 0 Å². The first kappa shape index (κ1) is 10.2. The van der Waals surface area contributed by atoms with Crippen molar-refractivity contribution in [3.8, 4) is 0 Å². The lowest BCUT2D eigenvalue weighted by atomic mass is 10.3. The average molecular weight is 197 g/mol. The number of carboxylic acids is 1. The van der Waals surface area contributed by atoms with E-state index in [0.29, 0.717) is 0 Å². The smallest absolute Gasteiger partial charge is 0.342 e. The molecule has 1 aromatic rings. The van der Waals surface area contributed by atoms with Gasteiger partial charge >= 0.3 is 5.97 Å². The van der Waals surface area contributed by atoms with E-state index in [0.717, 1.165) is 6.20 Å². The number of carbonyl (C=O) groups is 1. The molecule has 0 saturated carbocycles. The highest BCUT2D eigenvalue weighted by Crippen LogP contribution is 1.97. The Morgan fingerprint density at radius 3 is 2.71 bits per heavy atom. The molecule has 0 bridgehead atoms. The van der Waals surface area contributed by atoms with Crippen molar-refractivity contribution >= 4 is 11.9 Å². The molecule has 1 heterocycles. The molecular formula is C8H11N3O3. The Balaban J connectivity index is 3.01. The summed E-state index contributed by atoms with van der Waals surface area (Å²) < 4.78 is 0. The van der Waals surface area contributed by atoms with Gasteiger partial charge in [-0.15, -0.1) is 0 Å². The summed E-state index contributed by atoms with van der Waals surface area (Å²) >= 11 is 0. The van der Waals surface area contributed by atoms with Crippen LogP contribution in [-0.4, -0.2) is 27.1 Å². The number of nitrogens with zero attached hydrogens (tertiary/aromatic N) is 1. The SMILES string of the molecule is CC(C)Nc1ncc(C(=O)O)c(=O)[nH]1. The van der Waals surface area contributed by atoms with Crippen LogP contribution < -0.4 is 10.9 Å². The third-order valence-corrected chi connectivity index (χ3v) is 1.46. The number of hydrogen-bond donors (Lipinski definition) is 3. The van der Waals surface area contributed by atoms with Crippen molar-refractivity contribution in [2.75, 3.05) is 5.32 Å². The lowest BCUT2D eigenvalue weighted by molar-refractivity contribution is 0.0694. The Bertz CT molecular complexity index is 397. The molecule has 0 saturated heterocycles. The molecule has 6 heteroatoms. The fraction of sp³-hybridized carbons (Fsp3) is 0.375. The zero-order valence-corrected chi connectivity index (χ0v) is 7.87. The number of anilines is 1. The van der Waals surface area contributed by atoms with Crippen LogP contribution in [0.4, 0.5) is 5.95 Å². The quantitative estimate of drug-likeness (QED) is 0.647. The lowest BCUT2D eigenvalue weighted by Gasteiger charge is -2.07. The normalized spacial score (nSPS) is 10.2. The molecule has 0 aliphatic carbocycles. The fourth-order valence-corrected chi connectivity index (χ4v) is 0.894. The number of aromatic nitrogens is 2. The van der Waals surface area contributed by atoms with Crippen LogP contribution in [0.1, 0.15) is 24.2 Å². The summed E-state index contributed by atoms with van der Waals surface area (Å²) in [6.07, 6.45) is 1.03. The van der Waals surface area contributed by atoms with Crippen molar-refractivity contribution in [2.45, 2.75) is 19.9 Å². The van der Waals surface area contributed by atoms with Crippen molar-refractivity contribution in [1.29, 1.82) is 0 Å². The third kappa shape index (κ3) is 2.32. The highest BCUT2D eigenvalue weighted by atomic mass is 16.4. The first-order valence-electron chi connectivity index (χ1n) is 4.10. The molecule has 1 aromatic heterocycles. The molecule has 3 N–H and O–H groups in total. The molecule has 0 radical (unpaired) electrons. The van der Waals surface area contributed by atoms with E-state index in [1.165, 1.54) is 0 Å². The van der Waals surface area contributed by atoms with Crippen LogP contribution in [0.25, 0.3) is 0 Å². The van der Waals surface area contributed by atoms with Gasteiger partial charge in [0, 0.05) is 6.04 Å². The second-order valence-corrected chi connectivity index (χ2v) is 3.08. The summed E-state index contributed by atoms with van der Waals surface area (Å²) in [5, 5.41) is 11.4.